The SMILES string of the molecule is c1ccc2c(c1)Oc1ccccc1C21c2ccccc2-c2c(-c3nc(-c4ccc(-c5cccc6ccccc56)cc4)nc(-c4ccc(-c5cccc6ccccc56)cc4)n3)cccc21. The van der Waals surface area contributed by atoms with Crippen LogP contribution in [0.2, 0.25) is 0 Å². The van der Waals surface area contributed by atoms with Crippen molar-refractivity contribution in [1.29, 1.82) is 0 Å². The fraction of sp³-hybridized carbons (Fsp3) is 0.0167. The second kappa shape index (κ2) is 14.3. The van der Waals surface area contributed by atoms with Gasteiger partial charge in [-0.15, -0.1) is 0 Å². The molecular formula is C60H37N3O. The van der Waals surface area contributed by atoms with Crippen LogP contribution in [0.5, 0.6) is 11.5 Å². The van der Waals surface area contributed by atoms with Crippen molar-refractivity contribution in [2.45, 2.75) is 5.41 Å². The van der Waals surface area contributed by atoms with E-state index in [9.17, 15) is 0 Å². The molecule has 13 rings (SSSR count). The molecule has 0 unspecified atom stereocenters. The molecule has 1 aliphatic heterocycles. The number of hydrogen-bond donors (Lipinski definition) is 0. The zero-order valence-electron chi connectivity index (χ0n) is 34.6. The van der Waals surface area contributed by atoms with Crippen LogP contribution in [0.4, 0.5) is 0 Å². The molecular weight excluding hydrogens is 779 g/mol. The smallest absolute Gasteiger partial charge is 0.164 e. The molecule has 2 aliphatic rings. The molecule has 0 saturated carbocycles. The Labute approximate surface area is 370 Å². The second-order valence-corrected chi connectivity index (χ2v) is 16.6. The third kappa shape index (κ3) is 5.46. The third-order valence-corrected chi connectivity index (χ3v) is 13.2. The molecule has 1 aliphatic carbocycles. The number of aromatic nitrogens is 3. The molecule has 0 N–H and O–H groups in total. The summed E-state index contributed by atoms with van der Waals surface area (Å²) in [6.07, 6.45) is 0. The van der Waals surface area contributed by atoms with E-state index in [0.717, 1.165) is 61.6 Å². The summed E-state index contributed by atoms with van der Waals surface area (Å²) in [7, 11) is 0. The first-order valence-electron chi connectivity index (χ1n) is 21.8. The Morgan fingerprint density at radius 1 is 0.281 bits per heavy atom. The maximum Gasteiger partial charge on any atom is 0.164 e. The van der Waals surface area contributed by atoms with E-state index in [-0.39, 0.29) is 0 Å². The van der Waals surface area contributed by atoms with Crippen LogP contribution in [0.1, 0.15) is 22.3 Å². The van der Waals surface area contributed by atoms with Gasteiger partial charge in [0.15, 0.2) is 17.5 Å². The van der Waals surface area contributed by atoms with Gasteiger partial charge in [0.2, 0.25) is 0 Å². The van der Waals surface area contributed by atoms with Crippen molar-refractivity contribution in [3.05, 3.63) is 247 Å². The van der Waals surface area contributed by atoms with Crippen LogP contribution >= 0.6 is 0 Å². The van der Waals surface area contributed by atoms with E-state index in [1.165, 1.54) is 43.8 Å². The van der Waals surface area contributed by atoms with E-state index in [1.807, 2.05) is 0 Å². The lowest BCUT2D eigenvalue weighted by molar-refractivity contribution is 0.436. The third-order valence-electron chi connectivity index (χ3n) is 13.2. The van der Waals surface area contributed by atoms with Crippen molar-refractivity contribution in [3.8, 4) is 79.0 Å². The molecule has 4 heteroatoms. The van der Waals surface area contributed by atoms with Gasteiger partial charge in [-0.1, -0.05) is 212 Å². The Hall–Kier alpha value is -8.47. The lowest BCUT2D eigenvalue weighted by Gasteiger charge is -2.39. The summed E-state index contributed by atoms with van der Waals surface area (Å²) in [5, 5.41) is 4.88. The van der Waals surface area contributed by atoms with E-state index in [2.05, 4.69) is 224 Å². The fourth-order valence-electron chi connectivity index (χ4n) is 10.4. The molecule has 1 spiro atoms. The molecule has 298 valence electrons. The first-order valence-corrected chi connectivity index (χ1v) is 21.8. The van der Waals surface area contributed by atoms with E-state index < -0.39 is 5.41 Å². The molecule has 0 atom stereocenters. The molecule has 0 fully saturated rings. The minimum Gasteiger partial charge on any atom is -0.457 e. The predicted molar refractivity (Wildman–Crippen MR) is 259 cm³/mol. The second-order valence-electron chi connectivity index (χ2n) is 16.6. The fourth-order valence-corrected chi connectivity index (χ4v) is 10.4. The highest BCUT2D eigenvalue weighted by atomic mass is 16.5. The summed E-state index contributed by atoms with van der Waals surface area (Å²) >= 11 is 0. The van der Waals surface area contributed by atoms with Gasteiger partial charge in [0.25, 0.3) is 0 Å². The number of benzene rings is 10. The molecule has 2 heterocycles. The Balaban J connectivity index is 1.01. The molecule has 4 nitrogen and oxygen atoms in total. The average molecular weight is 816 g/mol. The summed E-state index contributed by atoms with van der Waals surface area (Å²) in [4.78, 5) is 16.0. The standard InChI is InChI=1S/C60H37N3O/c1-3-18-44-38(14-1)16-11-21-46(44)40-30-34-42(35-31-40)57-61-58(43-36-32-41(33-37-43)47-22-12-17-39-15-2-4-19-45(39)47)63-59(62-57)49-23-13-27-53-56(49)48-20-5-6-24-50(48)60(53)51-25-7-9-28-54(51)64-55-29-10-8-26-52(55)60/h1-37H. The molecule has 0 amide bonds. The maximum atomic E-state index is 6.62. The maximum absolute atomic E-state index is 6.62. The number of para-hydroxylation sites is 2. The number of rotatable bonds is 5. The lowest BCUT2D eigenvalue weighted by Crippen LogP contribution is -2.32. The van der Waals surface area contributed by atoms with Crippen molar-refractivity contribution in [1.82, 2.24) is 15.0 Å². The molecule has 10 aromatic carbocycles. The zero-order chi connectivity index (χ0) is 42.2. The molecule has 0 saturated heterocycles. The molecule has 1 aromatic heterocycles. The number of ether oxygens (including phenoxy) is 1. The monoisotopic (exact) mass is 815 g/mol. The van der Waals surface area contributed by atoms with Gasteiger partial charge in [0, 0.05) is 27.8 Å². The highest BCUT2D eigenvalue weighted by Gasteiger charge is 2.51. The highest BCUT2D eigenvalue weighted by Crippen LogP contribution is 2.63. The lowest BCUT2D eigenvalue weighted by atomic mass is 9.66. The largest absolute Gasteiger partial charge is 0.457 e. The summed E-state index contributed by atoms with van der Waals surface area (Å²) in [5.41, 5.74) is 13.7. The van der Waals surface area contributed by atoms with E-state index in [0.29, 0.717) is 17.5 Å². The van der Waals surface area contributed by atoms with Gasteiger partial charge in [-0.05, 0) is 78.2 Å². The predicted octanol–water partition coefficient (Wildman–Crippen LogP) is 15.0. The minimum atomic E-state index is -0.610. The van der Waals surface area contributed by atoms with Crippen molar-refractivity contribution >= 4 is 21.5 Å². The van der Waals surface area contributed by atoms with Crippen LogP contribution in [0, 0.1) is 0 Å². The van der Waals surface area contributed by atoms with Crippen LogP contribution in [0.3, 0.4) is 0 Å². The Kier molecular flexibility index (Phi) is 8.09. The van der Waals surface area contributed by atoms with Crippen LogP contribution < -0.4 is 4.74 Å². The van der Waals surface area contributed by atoms with Crippen LogP contribution in [-0.4, -0.2) is 15.0 Å². The summed E-state index contributed by atoms with van der Waals surface area (Å²) in [5.74, 6) is 3.57. The normalized spacial score (nSPS) is 12.9. The van der Waals surface area contributed by atoms with Crippen LogP contribution in [0.25, 0.3) is 89.1 Å². The van der Waals surface area contributed by atoms with Gasteiger partial charge in [0.05, 0.1) is 5.41 Å². The van der Waals surface area contributed by atoms with Gasteiger partial charge in [0.1, 0.15) is 11.5 Å². The zero-order valence-corrected chi connectivity index (χ0v) is 34.6. The molecule has 0 radical (unpaired) electrons. The molecule has 11 aromatic rings. The van der Waals surface area contributed by atoms with Gasteiger partial charge >= 0.3 is 0 Å². The van der Waals surface area contributed by atoms with Gasteiger partial charge in [-0.25, -0.2) is 15.0 Å². The topological polar surface area (TPSA) is 47.9 Å². The first kappa shape index (κ1) is 36.2. The average Bonchev–Trinajstić information content (AvgIpc) is 3.66. The van der Waals surface area contributed by atoms with Crippen molar-refractivity contribution in [2.75, 3.05) is 0 Å². The van der Waals surface area contributed by atoms with Crippen LogP contribution in [0.15, 0.2) is 224 Å². The van der Waals surface area contributed by atoms with Crippen molar-refractivity contribution in [2.24, 2.45) is 0 Å². The van der Waals surface area contributed by atoms with Crippen molar-refractivity contribution in [3.63, 3.8) is 0 Å². The van der Waals surface area contributed by atoms with Gasteiger partial charge in [-0.3, -0.25) is 0 Å². The van der Waals surface area contributed by atoms with Crippen LogP contribution in [-0.2, 0) is 5.41 Å². The number of nitrogens with zero attached hydrogens (tertiary/aromatic N) is 3. The number of fused-ring (bicyclic) bond motifs is 11. The van der Waals surface area contributed by atoms with E-state index in [4.69, 9.17) is 19.7 Å². The Bertz CT molecular complexity index is 3450. The Morgan fingerprint density at radius 3 is 1.25 bits per heavy atom. The summed E-state index contributed by atoms with van der Waals surface area (Å²) in [6.45, 7) is 0. The summed E-state index contributed by atoms with van der Waals surface area (Å²) in [6, 6.07) is 79.6. The Morgan fingerprint density at radius 2 is 0.672 bits per heavy atom. The molecule has 64 heavy (non-hydrogen) atoms. The minimum absolute atomic E-state index is 0.610. The quantitative estimate of drug-likeness (QED) is 0.174. The summed E-state index contributed by atoms with van der Waals surface area (Å²) < 4.78 is 6.62. The van der Waals surface area contributed by atoms with Gasteiger partial charge < -0.3 is 4.74 Å². The molecule has 0 bridgehead atoms. The van der Waals surface area contributed by atoms with E-state index >= 15 is 0 Å². The number of hydrogen-bond acceptors (Lipinski definition) is 4. The highest BCUT2D eigenvalue weighted by molar-refractivity contribution is 5.99. The van der Waals surface area contributed by atoms with Crippen molar-refractivity contribution < 1.29 is 4.74 Å². The first-order chi connectivity index (χ1) is 31.7. The van der Waals surface area contributed by atoms with E-state index in [1.54, 1.807) is 0 Å². The van der Waals surface area contributed by atoms with Gasteiger partial charge in [-0.2, -0.15) is 0 Å².